The maximum Gasteiger partial charge on any atom is 0.244 e. The Morgan fingerprint density at radius 2 is 1.86 bits per heavy atom. The zero-order valence-corrected chi connectivity index (χ0v) is 21.6. The molecule has 0 unspecified atom stereocenters. The number of aromatic nitrogens is 1. The molecule has 3 aromatic rings. The molecule has 2 atom stereocenters. The zero-order chi connectivity index (χ0) is 24.0. The Bertz CT molecular complexity index is 1170. The number of benzene rings is 2. The van der Waals surface area contributed by atoms with Gasteiger partial charge in [0.25, 0.3) is 0 Å². The minimum absolute atomic E-state index is 0.0293. The number of rotatable bonds is 7. The summed E-state index contributed by atoms with van der Waals surface area (Å²) in [6.07, 6.45) is 8.47. The van der Waals surface area contributed by atoms with Gasteiger partial charge in [0.15, 0.2) is 0 Å². The Morgan fingerprint density at radius 1 is 1.06 bits per heavy atom. The Kier molecular flexibility index (Phi) is 8.02. The van der Waals surface area contributed by atoms with Crippen LogP contribution in [0.15, 0.2) is 54.6 Å². The average Bonchev–Trinajstić information content (AvgIpc) is 3.32. The summed E-state index contributed by atoms with van der Waals surface area (Å²) in [5, 5.41) is 5.11. The smallest absolute Gasteiger partial charge is 0.244 e. The van der Waals surface area contributed by atoms with Gasteiger partial charge in [-0.2, -0.15) is 4.37 Å². The van der Waals surface area contributed by atoms with Gasteiger partial charge in [0.1, 0.15) is 5.82 Å². The summed E-state index contributed by atoms with van der Waals surface area (Å²) in [7, 11) is 0. The van der Waals surface area contributed by atoms with Crippen molar-refractivity contribution in [1.29, 1.82) is 0 Å². The summed E-state index contributed by atoms with van der Waals surface area (Å²) in [4.78, 5) is 17.5. The van der Waals surface area contributed by atoms with Gasteiger partial charge in [0, 0.05) is 55.8 Å². The van der Waals surface area contributed by atoms with Crippen molar-refractivity contribution in [2.75, 3.05) is 44.2 Å². The summed E-state index contributed by atoms with van der Waals surface area (Å²) in [6.45, 7) is 6.08. The molecule has 35 heavy (non-hydrogen) atoms. The second kappa shape index (κ2) is 11.5. The van der Waals surface area contributed by atoms with Crippen molar-refractivity contribution in [2.24, 2.45) is 11.8 Å². The molecular formula is C28H33ClN4OS. The number of hydrogen-bond acceptors (Lipinski definition) is 5. The van der Waals surface area contributed by atoms with E-state index >= 15 is 0 Å². The first-order valence-corrected chi connectivity index (χ1v) is 13.8. The molecule has 1 aliphatic heterocycles. The lowest BCUT2D eigenvalue weighted by Gasteiger charge is -2.40. The highest BCUT2D eigenvalue weighted by molar-refractivity contribution is 7.13. The van der Waals surface area contributed by atoms with Crippen molar-refractivity contribution in [3.63, 3.8) is 0 Å². The Balaban J connectivity index is 1.11. The van der Waals surface area contributed by atoms with Crippen molar-refractivity contribution < 1.29 is 4.79 Å². The van der Waals surface area contributed by atoms with E-state index in [9.17, 15) is 4.79 Å². The molecule has 7 heteroatoms. The molecule has 0 bridgehead atoms. The van der Waals surface area contributed by atoms with Crippen LogP contribution >= 0.6 is 23.1 Å². The fraction of sp³-hybridized carbons (Fsp3) is 0.429. The minimum Gasteiger partial charge on any atom is -0.353 e. The number of fused-ring (bicyclic) bond motifs is 1. The SMILES string of the molecule is O=C(C=Cc1cccc(Cl)c1)NC[C@H]1CCCC[C@H]1CN1CCN(c2nsc3ccccc23)CC1. The molecular weight excluding hydrogens is 476 g/mol. The molecule has 1 amide bonds. The molecule has 2 heterocycles. The van der Waals surface area contributed by atoms with E-state index < -0.39 is 0 Å². The number of hydrogen-bond donors (Lipinski definition) is 1. The number of nitrogens with one attached hydrogen (secondary N) is 1. The topological polar surface area (TPSA) is 48.5 Å². The van der Waals surface area contributed by atoms with Crippen molar-refractivity contribution in [2.45, 2.75) is 25.7 Å². The fourth-order valence-corrected chi connectivity index (χ4v) is 6.44. The molecule has 1 aromatic heterocycles. The van der Waals surface area contributed by atoms with E-state index in [2.05, 4.69) is 39.4 Å². The molecule has 2 aromatic carbocycles. The van der Waals surface area contributed by atoms with Crippen LogP contribution in [0.2, 0.25) is 5.02 Å². The fourth-order valence-electron chi connectivity index (χ4n) is 5.44. The predicted octanol–water partition coefficient (Wildman–Crippen LogP) is 5.71. The maximum absolute atomic E-state index is 12.4. The number of anilines is 1. The highest BCUT2D eigenvalue weighted by Gasteiger charge is 2.29. The van der Waals surface area contributed by atoms with Crippen molar-refractivity contribution in [3.8, 4) is 0 Å². The van der Waals surface area contributed by atoms with E-state index in [0.29, 0.717) is 16.9 Å². The van der Waals surface area contributed by atoms with Crippen LogP contribution in [-0.2, 0) is 4.79 Å². The van der Waals surface area contributed by atoms with Crippen molar-refractivity contribution in [3.05, 3.63) is 65.2 Å². The summed E-state index contributed by atoms with van der Waals surface area (Å²) in [5.41, 5.74) is 0.938. The first kappa shape index (κ1) is 24.3. The number of halogens is 1. The largest absolute Gasteiger partial charge is 0.353 e. The lowest BCUT2D eigenvalue weighted by Crippen LogP contribution is -2.49. The predicted molar refractivity (Wildman–Crippen MR) is 147 cm³/mol. The van der Waals surface area contributed by atoms with Gasteiger partial charge in [-0.1, -0.05) is 48.7 Å². The second-order valence-electron chi connectivity index (χ2n) is 9.73. The molecule has 1 saturated carbocycles. The average molecular weight is 509 g/mol. The monoisotopic (exact) mass is 508 g/mol. The van der Waals surface area contributed by atoms with Gasteiger partial charge in [-0.25, -0.2) is 0 Å². The highest BCUT2D eigenvalue weighted by Crippen LogP contribution is 2.32. The molecule has 0 spiro atoms. The first-order chi connectivity index (χ1) is 17.2. The normalized spacial score (nSPS) is 21.6. The summed E-state index contributed by atoms with van der Waals surface area (Å²) < 4.78 is 6.01. The first-order valence-electron chi connectivity index (χ1n) is 12.7. The van der Waals surface area contributed by atoms with E-state index in [4.69, 9.17) is 16.0 Å². The number of piperazine rings is 1. The molecule has 1 aliphatic carbocycles. The van der Waals surface area contributed by atoms with E-state index in [-0.39, 0.29) is 5.91 Å². The standard InChI is InChI=1S/C28H33ClN4OS/c29-24-9-5-6-21(18-24)12-13-27(34)30-19-22-7-1-2-8-23(22)20-32-14-16-33(17-15-32)28-25-10-3-4-11-26(25)35-31-28/h3-6,9-13,18,22-23H,1-2,7-8,14-17,19-20H2,(H,30,34)/t22-,23+/m1/s1. The van der Waals surface area contributed by atoms with Crippen LogP contribution in [-0.4, -0.2) is 54.4 Å². The molecule has 5 rings (SSSR count). The third-order valence-corrected chi connectivity index (χ3v) is 8.46. The Labute approximate surface area is 216 Å². The van der Waals surface area contributed by atoms with Gasteiger partial charge in [0.2, 0.25) is 5.91 Å². The van der Waals surface area contributed by atoms with Gasteiger partial charge in [-0.15, -0.1) is 0 Å². The number of carbonyl (C=O) groups excluding carboxylic acids is 1. The summed E-state index contributed by atoms with van der Waals surface area (Å²) in [6, 6.07) is 16.1. The van der Waals surface area contributed by atoms with Crippen LogP contribution in [0.4, 0.5) is 5.82 Å². The van der Waals surface area contributed by atoms with Crippen LogP contribution < -0.4 is 10.2 Å². The molecule has 2 aliphatic rings. The quantitative estimate of drug-likeness (QED) is 0.415. The van der Waals surface area contributed by atoms with Gasteiger partial charge in [0.05, 0.1) is 4.70 Å². The van der Waals surface area contributed by atoms with Gasteiger partial charge in [-0.3, -0.25) is 9.69 Å². The van der Waals surface area contributed by atoms with E-state index in [1.165, 1.54) is 35.8 Å². The second-order valence-corrected chi connectivity index (χ2v) is 11.0. The van der Waals surface area contributed by atoms with Crippen LogP contribution in [0.25, 0.3) is 16.2 Å². The number of amides is 1. The summed E-state index contributed by atoms with van der Waals surface area (Å²) in [5.74, 6) is 2.31. The Morgan fingerprint density at radius 3 is 2.69 bits per heavy atom. The molecule has 1 saturated heterocycles. The van der Waals surface area contributed by atoms with Gasteiger partial charge < -0.3 is 10.2 Å². The minimum atomic E-state index is -0.0293. The number of nitrogens with zero attached hydrogens (tertiary/aromatic N) is 3. The van der Waals surface area contributed by atoms with E-state index in [0.717, 1.165) is 50.6 Å². The van der Waals surface area contributed by atoms with Crippen LogP contribution in [0.3, 0.4) is 0 Å². The van der Waals surface area contributed by atoms with E-state index in [1.54, 1.807) is 17.6 Å². The van der Waals surface area contributed by atoms with Gasteiger partial charge >= 0.3 is 0 Å². The van der Waals surface area contributed by atoms with E-state index in [1.807, 2.05) is 30.3 Å². The molecule has 0 radical (unpaired) electrons. The third-order valence-electron chi connectivity index (χ3n) is 7.40. The molecule has 2 fully saturated rings. The lowest BCUT2D eigenvalue weighted by molar-refractivity contribution is -0.116. The van der Waals surface area contributed by atoms with Crippen LogP contribution in [0, 0.1) is 11.8 Å². The maximum atomic E-state index is 12.4. The zero-order valence-electron chi connectivity index (χ0n) is 20.0. The van der Waals surface area contributed by atoms with Crippen molar-refractivity contribution in [1.82, 2.24) is 14.6 Å². The van der Waals surface area contributed by atoms with Crippen molar-refractivity contribution >= 4 is 51.0 Å². The van der Waals surface area contributed by atoms with Crippen LogP contribution in [0.5, 0.6) is 0 Å². The van der Waals surface area contributed by atoms with Crippen LogP contribution in [0.1, 0.15) is 31.2 Å². The summed E-state index contributed by atoms with van der Waals surface area (Å²) >= 11 is 7.63. The molecule has 1 N–H and O–H groups in total. The van der Waals surface area contributed by atoms with Gasteiger partial charge in [-0.05, 0) is 72.1 Å². The number of carbonyl (C=O) groups is 1. The third kappa shape index (κ3) is 6.24. The molecule has 5 nitrogen and oxygen atoms in total. The molecule has 184 valence electrons. The highest BCUT2D eigenvalue weighted by atomic mass is 35.5. The Hall–Kier alpha value is -2.41. The lowest BCUT2D eigenvalue weighted by atomic mass is 9.78.